The second-order valence-electron chi connectivity index (χ2n) is 6.84. The molecule has 4 nitrogen and oxygen atoms in total. The topological polar surface area (TPSA) is 55.4 Å². The van der Waals surface area contributed by atoms with Crippen LogP contribution in [0.5, 0.6) is 0 Å². The number of hydrogen-bond acceptors (Lipinski definition) is 3. The summed E-state index contributed by atoms with van der Waals surface area (Å²) in [6, 6.07) is -0.722. The number of ketones is 1. The first-order valence-corrected chi connectivity index (χ1v) is 8.55. The van der Waals surface area contributed by atoms with Crippen molar-refractivity contribution in [1.29, 1.82) is 0 Å². The zero-order valence-electron chi connectivity index (χ0n) is 12.3. The Morgan fingerprint density at radius 2 is 1.86 bits per heavy atom. The van der Waals surface area contributed by atoms with Crippen LogP contribution >= 0.6 is 22.6 Å². The number of nitrogens with one attached hydrogen (secondary N) is 1. The van der Waals surface area contributed by atoms with Gasteiger partial charge in [-0.25, -0.2) is 13.6 Å². The first-order chi connectivity index (χ1) is 9.56. The van der Waals surface area contributed by atoms with Crippen molar-refractivity contribution >= 4 is 34.5 Å². The van der Waals surface area contributed by atoms with Crippen LogP contribution in [-0.2, 0) is 9.53 Å². The zero-order valence-corrected chi connectivity index (χ0v) is 14.4. The monoisotopic (exact) mass is 415 g/mol. The summed E-state index contributed by atoms with van der Waals surface area (Å²) in [5, 5.41) is 2.57. The number of carbonyl (C=O) groups excluding carboxylic acids is 2. The molecule has 0 spiro atoms. The molecule has 4 atom stereocenters. The smallest absolute Gasteiger partial charge is 0.408 e. The summed E-state index contributed by atoms with van der Waals surface area (Å²) >= 11 is 1.92. The van der Waals surface area contributed by atoms with E-state index in [0.717, 1.165) is 0 Å². The molecule has 1 amide bonds. The third kappa shape index (κ3) is 3.65. The molecule has 0 aromatic heterocycles. The standard InChI is InChI=1S/C14H20F2INO3/c1-13(2,3)21-12(20)18-11(10(19)6-17)7-4-8-9(5-7)14(8,15)16/h7-9,11H,4-6H2,1-3H3,(H,18,20)/t7-,8-,9+,11-/m0/s1. The lowest BCUT2D eigenvalue weighted by Crippen LogP contribution is -2.48. The molecule has 21 heavy (non-hydrogen) atoms. The molecule has 2 saturated carbocycles. The Morgan fingerprint density at radius 1 is 1.33 bits per heavy atom. The van der Waals surface area contributed by atoms with Gasteiger partial charge in [0.05, 0.1) is 10.5 Å². The molecule has 2 aliphatic rings. The highest BCUT2D eigenvalue weighted by molar-refractivity contribution is 14.1. The third-order valence-corrected chi connectivity index (χ3v) is 4.85. The van der Waals surface area contributed by atoms with Crippen LogP contribution in [0.2, 0.25) is 0 Å². The lowest BCUT2D eigenvalue weighted by molar-refractivity contribution is -0.120. The number of carbonyl (C=O) groups is 2. The molecular formula is C14H20F2INO3. The minimum absolute atomic E-state index is 0.143. The molecule has 0 aromatic carbocycles. The van der Waals surface area contributed by atoms with Gasteiger partial charge in [0.25, 0.3) is 5.92 Å². The van der Waals surface area contributed by atoms with Crippen LogP contribution in [0.25, 0.3) is 0 Å². The number of Topliss-reactive ketones (excluding diaryl/α,β-unsaturated/α-hetero) is 1. The van der Waals surface area contributed by atoms with E-state index >= 15 is 0 Å². The third-order valence-electron chi connectivity index (χ3n) is 4.10. The predicted molar refractivity (Wildman–Crippen MR) is 81.7 cm³/mol. The molecule has 0 bridgehead atoms. The van der Waals surface area contributed by atoms with Gasteiger partial charge in [0.15, 0.2) is 5.78 Å². The summed E-state index contributed by atoms with van der Waals surface area (Å²) in [4.78, 5) is 23.8. The van der Waals surface area contributed by atoms with Gasteiger partial charge >= 0.3 is 6.09 Å². The van der Waals surface area contributed by atoms with E-state index in [1.807, 2.05) is 22.6 Å². The van der Waals surface area contributed by atoms with Crippen LogP contribution in [0.1, 0.15) is 33.6 Å². The van der Waals surface area contributed by atoms with Crippen LogP contribution in [0.15, 0.2) is 0 Å². The number of alkyl halides is 3. The lowest BCUT2D eigenvalue weighted by Gasteiger charge is -2.27. The quantitative estimate of drug-likeness (QED) is 0.567. The fraction of sp³-hybridized carbons (Fsp3) is 0.857. The number of amides is 1. The number of rotatable bonds is 4. The minimum atomic E-state index is -2.57. The van der Waals surface area contributed by atoms with Crippen molar-refractivity contribution in [3.63, 3.8) is 0 Å². The van der Waals surface area contributed by atoms with Crippen LogP contribution < -0.4 is 5.32 Å². The summed E-state index contributed by atoms with van der Waals surface area (Å²) in [5.74, 6) is -4.16. The van der Waals surface area contributed by atoms with E-state index in [1.54, 1.807) is 20.8 Å². The fourth-order valence-electron chi connectivity index (χ4n) is 3.10. The van der Waals surface area contributed by atoms with E-state index in [2.05, 4.69) is 5.32 Å². The van der Waals surface area contributed by atoms with Crippen molar-refractivity contribution in [2.75, 3.05) is 4.43 Å². The van der Waals surface area contributed by atoms with Crippen molar-refractivity contribution in [3.05, 3.63) is 0 Å². The number of fused-ring (bicyclic) bond motifs is 1. The Hall–Kier alpha value is -0.470. The first kappa shape index (κ1) is 16.9. The van der Waals surface area contributed by atoms with Gasteiger partial charge in [0.2, 0.25) is 0 Å². The maximum absolute atomic E-state index is 13.2. The van der Waals surface area contributed by atoms with Gasteiger partial charge in [-0.15, -0.1) is 0 Å². The molecule has 0 saturated heterocycles. The molecule has 7 heteroatoms. The second-order valence-corrected chi connectivity index (χ2v) is 7.61. The summed E-state index contributed by atoms with van der Waals surface area (Å²) in [7, 11) is 0. The van der Waals surface area contributed by atoms with E-state index < -0.39 is 35.5 Å². The number of halogens is 3. The normalized spacial score (nSPS) is 31.2. The molecule has 2 aliphatic carbocycles. The molecule has 0 aliphatic heterocycles. The maximum atomic E-state index is 13.2. The van der Waals surface area contributed by atoms with Crippen molar-refractivity contribution in [1.82, 2.24) is 5.32 Å². The average Bonchev–Trinajstić information content (AvgIpc) is 2.75. The number of ether oxygens (including phenoxy) is 1. The van der Waals surface area contributed by atoms with Gasteiger partial charge in [-0.3, -0.25) is 4.79 Å². The number of hydrogen-bond donors (Lipinski definition) is 1. The molecule has 120 valence electrons. The van der Waals surface area contributed by atoms with E-state index in [4.69, 9.17) is 4.74 Å². The van der Waals surface area contributed by atoms with Crippen LogP contribution in [0.4, 0.5) is 13.6 Å². The summed E-state index contributed by atoms with van der Waals surface area (Å²) in [5.41, 5.74) is -0.660. The predicted octanol–water partition coefficient (Wildman–Crippen LogP) is 3.18. The van der Waals surface area contributed by atoms with Crippen LogP contribution in [-0.4, -0.2) is 33.9 Å². The van der Waals surface area contributed by atoms with Gasteiger partial charge in [-0.1, -0.05) is 22.6 Å². The number of alkyl carbamates (subject to hydrolysis) is 1. The summed E-state index contributed by atoms with van der Waals surface area (Å²) in [6.07, 6.45) is -0.0841. The van der Waals surface area contributed by atoms with Crippen molar-refractivity contribution in [2.45, 2.75) is 51.2 Å². The Bertz CT molecular complexity index is 436. The van der Waals surface area contributed by atoms with Gasteiger partial charge in [0, 0.05) is 11.8 Å². The van der Waals surface area contributed by atoms with Crippen molar-refractivity contribution in [3.8, 4) is 0 Å². The van der Waals surface area contributed by atoms with Gasteiger partial charge in [-0.05, 0) is 39.5 Å². The van der Waals surface area contributed by atoms with Crippen molar-refractivity contribution < 1.29 is 23.1 Å². The molecule has 2 rings (SSSR count). The largest absolute Gasteiger partial charge is 0.444 e. The highest BCUT2D eigenvalue weighted by Gasteiger charge is 2.72. The Morgan fingerprint density at radius 3 is 2.29 bits per heavy atom. The molecule has 0 radical (unpaired) electrons. The first-order valence-electron chi connectivity index (χ1n) is 7.02. The van der Waals surface area contributed by atoms with E-state index in [-0.39, 0.29) is 16.1 Å². The second kappa shape index (κ2) is 5.62. The zero-order chi connectivity index (χ0) is 16.0. The molecular weight excluding hydrogens is 395 g/mol. The Kier molecular flexibility index (Phi) is 4.52. The lowest BCUT2D eigenvalue weighted by atomic mass is 9.91. The van der Waals surface area contributed by atoms with Gasteiger partial charge in [-0.2, -0.15) is 0 Å². The van der Waals surface area contributed by atoms with E-state index in [0.29, 0.717) is 12.8 Å². The maximum Gasteiger partial charge on any atom is 0.408 e. The van der Waals surface area contributed by atoms with Gasteiger partial charge < -0.3 is 10.1 Å². The van der Waals surface area contributed by atoms with Gasteiger partial charge in [0.1, 0.15) is 5.60 Å². The Labute approximate surface area is 136 Å². The van der Waals surface area contributed by atoms with Crippen LogP contribution in [0.3, 0.4) is 0 Å². The van der Waals surface area contributed by atoms with E-state index in [1.165, 1.54) is 0 Å². The van der Waals surface area contributed by atoms with E-state index in [9.17, 15) is 18.4 Å². The molecule has 0 aromatic rings. The molecule has 0 heterocycles. The summed E-state index contributed by atoms with van der Waals surface area (Å²) in [6.45, 7) is 5.19. The fourth-order valence-corrected chi connectivity index (χ4v) is 3.58. The van der Waals surface area contributed by atoms with Crippen LogP contribution in [0, 0.1) is 17.8 Å². The average molecular weight is 415 g/mol. The van der Waals surface area contributed by atoms with Crippen molar-refractivity contribution in [2.24, 2.45) is 17.8 Å². The summed E-state index contributed by atoms with van der Waals surface area (Å²) < 4.78 is 31.9. The molecule has 1 N–H and O–H groups in total. The highest BCUT2D eigenvalue weighted by Crippen LogP contribution is 2.66. The minimum Gasteiger partial charge on any atom is -0.444 e. The SMILES string of the molecule is CC(C)(C)OC(=O)N[C@H](C(=O)CI)[C@@H]1C[C@@H]2[C@H](C1)C2(F)F. The molecule has 0 unspecified atom stereocenters. The Balaban J connectivity index is 1.97. The highest BCUT2D eigenvalue weighted by atomic mass is 127. The molecule has 2 fully saturated rings.